The minimum atomic E-state index is 0.196. The summed E-state index contributed by atoms with van der Waals surface area (Å²) in [6.07, 6.45) is 7.51. The summed E-state index contributed by atoms with van der Waals surface area (Å²) in [5.41, 5.74) is 9.56. The number of piperidine rings is 1. The molecule has 1 aliphatic rings. The Morgan fingerprint density at radius 2 is 2.04 bits per heavy atom. The van der Waals surface area contributed by atoms with E-state index in [1.165, 1.54) is 24.9 Å². The molecule has 3 aromatic heterocycles. The number of rotatable bonds is 3. The third-order valence-electron chi connectivity index (χ3n) is 4.45. The van der Waals surface area contributed by atoms with Gasteiger partial charge in [0, 0.05) is 42.8 Å². The van der Waals surface area contributed by atoms with Crippen LogP contribution in [0.15, 0.2) is 24.5 Å². The first-order valence-corrected chi connectivity index (χ1v) is 8.16. The van der Waals surface area contributed by atoms with Gasteiger partial charge in [-0.25, -0.2) is 9.97 Å². The van der Waals surface area contributed by atoms with Gasteiger partial charge in [-0.15, -0.1) is 0 Å². The molecule has 0 unspecified atom stereocenters. The zero-order valence-electron chi connectivity index (χ0n) is 13.6. The molecule has 24 heavy (non-hydrogen) atoms. The summed E-state index contributed by atoms with van der Waals surface area (Å²) in [7, 11) is 1.57. The van der Waals surface area contributed by atoms with E-state index in [1.54, 1.807) is 13.2 Å². The van der Waals surface area contributed by atoms with Crippen molar-refractivity contribution >= 4 is 22.7 Å². The molecule has 0 saturated carbocycles. The van der Waals surface area contributed by atoms with E-state index in [2.05, 4.69) is 30.9 Å². The van der Waals surface area contributed by atoms with Crippen LogP contribution < -0.4 is 15.4 Å². The number of hydrogen-bond acceptors (Lipinski definition) is 6. The molecule has 7 nitrogen and oxygen atoms in total. The minimum Gasteiger partial charge on any atom is -0.481 e. The first-order valence-electron chi connectivity index (χ1n) is 8.16. The smallest absolute Gasteiger partial charge is 0.223 e. The summed E-state index contributed by atoms with van der Waals surface area (Å²) in [6.45, 7) is 2.14. The van der Waals surface area contributed by atoms with Crippen molar-refractivity contribution in [3.8, 4) is 17.1 Å². The van der Waals surface area contributed by atoms with Gasteiger partial charge in [0.2, 0.25) is 11.8 Å². The molecule has 0 amide bonds. The number of methoxy groups -OCH3 is 1. The van der Waals surface area contributed by atoms with Gasteiger partial charge >= 0.3 is 0 Å². The fraction of sp³-hybridized carbons (Fsp3) is 0.353. The van der Waals surface area contributed by atoms with Crippen LogP contribution in [0.5, 0.6) is 5.88 Å². The van der Waals surface area contributed by atoms with Crippen LogP contribution in [0, 0.1) is 0 Å². The minimum absolute atomic E-state index is 0.196. The van der Waals surface area contributed by atoms with E-state index in [9.17, 15) is 0 Å². The Kier molecular flexibility index (Phi) is 3.68. The zero-order valence-corrected chi connectivity index (χ0v) is 13.6. The Hall–Kier alpha value is -2.83. The van der Waals surface area contributed by atoms with Crippen molar-refractivity contribution in [2.75, 3.05) is 30.8 Å². The molecule has 0 aliphatic carbocycles. The monoisotopic (exact) mass is 324 g/mol. The molecule has 1 aliphatic heterocycles. The first kappa shape index (κ1) is 14.7. The van der Waals surface area contributed by atoms with Gasteiger partial charge in [-0.1, -0.05) is 0 Å². The Balaban J connectivity index is 1.89. The van der Waals surface area contributed by atoms with Gasteiger partial charge in [0.1, 0.15) is 5.65 Å². The lowest BCUT2D eigenvalue weighted by atomic mass is 10.1. The lowest BCUT2D eigenvalue weighted by Gasteiger charge is -2.29. The van der Waals surface area contributed by atoms with E-state index < -0.39 is 0 Å². The number of nitrogen functional groups attached to an aromatic ring is 1. The molecular formula is C17H20N6O. The molecule has 1 fully saturated rings. The van der Waals surface area contributed by atoms with E-state index in [-0.39, 0.29) is 5.95 Å². The Bertz CT molecular complexity index is 869. The fourth-order valence-electron chi connectivity index (χ4n) is 3.32. The predicted octanol–water partition coefficient (Wildman–Crippen LogP) is 2.60. The fourth-order valence-corrected chi connectivity index (χ4v) is 3.32. The van der Waals surface area contributed by atoms with Crippen molar-refractivity contribution in [2.45, 2.75) is 19.3 Å². The van der Waals surface area contributed by atoms with E-state index in [0.717, 1.165) is 35.4 Å². The summed E-state index contributed by atoms with van der Waals surface area (Å²) in [4.78, 5) is 18.6. The number of fused-ring (bicyclic) bond motifs is 1. The number of aromatic nitrogens is 4. The summed E-state index contributed by atoms with van der Waals surface area (Å²) < 4.78 is 5.23. The van der Waals surface area contributed by atoms with Crippen LogP contribution in [-0.4, -0.2) is 40.1 Å². The lowest BCUT2D eigenvalue weighted by molar-refractivity contribution is 0.398. The van der Waals surface area contributed by atoms with Gasteiger partial charge in [0.05, 0.1) is 18.2 Å². The summed E-state index contributed by atoms with van der Waals surface area (Å²) in [5.74, 6) is 0.650. The van der Waals surface area contributed by atoms with Gasteiger partial charge in [-0.3, -0.25) is 0 Å². The maximum Gasteiger partial charge on any atom is 0.223 e. The average molecular weight is 324 g/mol. The molecule has 7 heteroatoms. The highest BCUT2D eigenvalue weighted by Crippen LogP contribution is 2.36. The largest absolute Gasteiger partial charge is 0.481 e. The van der Waals surface area contributed by atoms with Gasteiger partial charge < -0.3 is 20.4 Å². The summed E-state index contributed by atoms with van der Waals surface area (Å²) >= 11 is 0. The molecule has 0 radical (unpaired) electrons. The maximum atomic E-state index is 5.83. The van der Waals surface area contributed by atoms with E-state index in [1.807, 2.05) is 12.4 Å². The Morgan fingerprint density at radius 3 is 2.83 bits per heavy atom. The quantitative estimate of drug-likeness (QED) is 0.769. The van der Waals surface area contributed by atoms with Crippen LogP contribution in [0.2, 0.25) is 0 Å². The summed E-state index contributed by atoms with van der Waals surface area (Å²) in [6, 6.07) is 3.87. The van der Waals surface area contributed by atoms with E-state index >= 15 is 0 Å². The van der Waals surface area contributed by atoms with E-state index in [0.29, 0.717) is 5.88 Å². The third kappa shape index (κ3) is 2.51. The van der Waals surface area contributed by atoms with Crippen molar-refractivity contribution in [3.05, 3.63) is 24.5 Å². The second-order valence-corrected chi connectivity index (χ2v) is 5.96. The zero-order chi connectivity index (χ0) is 16.5. The SMILES string of the molecule is COc1cc(-c2c[nH]c3nccc(N4CCCCC4)c23)nc(N)n1. The predicted molar refractivity (Wildman–Crippen MR) is 94.1 cm³/mol. The number of nitrogens with two attached hydrogens (primary N) is 1. The van der Waals surface area contributed by atoms with Crippen molar-refractivity contribution in [1.29, 1.82) is 0 Å². The number of anilines is 2. The number of H-pyrrole nitrogens is 1. The molecule has 1 saturated heterocycles. The van der Waals surface area contributed by atoms with Crippen molar-refractivity contribution < 1.29 is 4.74 Å². The number of ether oxygens (including phenoxy) is 1. The number of nitrogens with one attached hydrogen (secondary N) is 1. The second-order valence-electron chi connectivity index (χ2n) is 5.96. The molecule has 4 rings (SSSR count). The highest BCUT2D eigenvalue weighted by molar-refractivity contribution is 6.02. The standard InChI is InChI=1S/C17H20N6O/c1-24-14-9-12(21-17(18)22-14)11-10-20-16-15(11)13(5-6-19-16)23-7-3-2-4-8-23/h5-6,9-10H,2-4,7-8H2,1H3,(H,19,20)(H2,18,21,22). The Morgan fingerprint density at radius 1 is 1.21 bits per heavy atom. The topological polar surface area (TPSA) is 93.0 Å². The van der Waals surface area contributed by atoms with Crippen LogP contribution in [0.1, 0.15) is 19.3 Å². The maximum absolute atomic E-state index is 5.83. The van der Waals surface area contributed by atoms with Crippen LogP contribution in [0.3, 0.4) is 0 Å². The average Bonchev–Trinajstić information content (AvgIpc) is 3.06. The normalized spacial score (nSPS) is 15.0. The molecule has 124 valence electrons. The van der Waals surface area contributed by atoms with Gasteiger partial charge in [-0.05, 0) is 25.3 Å². The van der Waals surface area contributed by atoms with Crippen LogP contribution in [0.25, 0.3) is 22.3 Å². The highest BCUT2D eigenvalue weighted by atomic mass is 16.5. The van der Waals surface area contributed by atoms with Crippen LogP contribution in [0.4, 0.5) is 11.6 Å². The molecule has 3 aromatic rings. The van der Waals surface area contributed by atoms with Crippen molar-refractivity contribution in [1.82, 2.24) is 19.9 Å². The molecule has 3 N–H and O–H groups in total. The molecule has 0 aromatic carbocycles. The molecule has 4 heterocycles. The van der Waals surface area contributed by atoms with Gasteiger partial charge in [-0.2, -0.15) is 4.98 Å². The third-order valence-corrected chi connectivity index (χ3v) is 4.45. The summed E-state index contributed by atoms with van der Waals surface area (Å²) in [5, 5.41) is 1.07. The van der Waals surface area contributed by atoms with E-state index in [4.69, 9.17) is 10.5 Å². The number of nitrogens with zero attached hydrogens (tertiary/aromatic N) is 4. The molecule has 0 atom stereocenters. The highest BCUT2D eigenvalue weighted by Gasteiger charge is 2.19. The molecule has 0 bridgehead atoms. The van der Waals surface area contributed by atoms with Crippen LogP contribution >= 0.6 is 0 Å². The number of pyridine rings is 1. The molecular weight excluding hydrogens is 304 g/mol. The van der Waals surface area contributed by atoms with Crippen LogP contribution in [-0.2, 0) is 0 Å². The van der Waals surface area contributed by atoms with Crippen molar-refractivity contribution in [2.24, 2.45) is 0 Å². The Labute approximate surface area is 139 Å². The first-order chi connectivity index (χ1) is 11.8. The second kappa shape index (κ2) is 5.99. The van der Waals surface area contributed by atoms with Gasteiger partial charge in [0.25, 0.3) is 0 Å². The molecule has 0 spiro atoms. The number of hydrogen-bond donors (Lipinski definition) is 2. The van der Waals surface area contributed by atoms with Gasteiger partial charge in [0.15, 0.2) is 0 Å². The van der Waals surface area contributed by atoms with Crippen molar-refractivity contribution in [3.63, 3.8) is 0 Å². The number of aromatic amines is 1. The lowest BCUT2D eigenvalue weighted by Crippen LogP contribution is -2.29.